The van der Waals surface area contributed by atoms with Crippen molar-refractivity contribution in [2.24, 2.45) is 0 Å². The van der Waals surface area contributed by atoms with Crippen LogP contribution in [0.3, 0.4) is 0 Å². The van der Waals surface area contributed by atoms with Gasteiger partial charge in [-0.1, -0.05) is 6.92 Å². The van der Waals surface area contributed by atoms with E-state index in [1.54, 1.807) is 18.5 Å². The van der Waals surface area contributed by atoms with E-state index in [2.05, 4.69) is 25.3 Å². The number of aliphatic hydroxyl groups excluding tert-OH is 1. The number of nitrogens with two attached hydrogens (primary N) is 1. The summed E-state index contributed by atoms with van der Waals surface area (Å²) in [5.41, 5.74) is 8.96. The normalized spacial score (nSPS) is 12.5. The lowest BCUT2D eigenvalue weighted by molar-refractivity contribution is 0.272. The molecule has 0 saturated heterocycles. The molecule has 1 atom stereocenters. The van der Waals surface area contributed by atoms with Gasteiger partial charge in [0.2, 0.25) is 5.95 Å². The number of nitrogens with zero attached hydrogens (tertiary/aromatic N) is 3. The second-order valence-corrected chi connectivity index (χ2v) is 5.02. The Labute approximate surface area is 127 Å². The van der Waals surface area contributed by atoms with Crippen LogP contribution in [-0.2, 0) is 0 Å². The molecule has 3 heterocycles. The van der Waals surface area contributed by atoms with Crippen molar-refractivity contribution in [1.82, 2.24) is 19.9 Å². The Balaban J connectivity index is 2.12. The van der Waals surface area contributed by atoms with E-state index in [-0.39, 0.29) is 18.6 Å². The third-order valence-electron chi connectivity index (χ3n) is 3.60. The predicted molar refractivity (Wildman–Crippen MR) is 86.3 cm³/mol. The highest BCUT2D eigenvalue weighted by Gasteiger charge is 2.14. The highest BCUT2D eigenvalue weighted by atomic mass is 16.3. The molecule has 3 rings (SSSR count). The van der Waals surface area contributed by atoms with Gasteiger partial charge < -0.3 is 21.1 Å². The number of fused-ring (bicyclic) bond motifs is 1. The van der Waals surface area contributed by atoms with Crippen molar-refractivity contribution in [1.29, 1.82) is 0 Å². The zero-order valence-corrected chi connectivity index (χ0v) is 12.2. The standard InChI is InChI=1S/C15H18N6O/c1-2-9(8-22)20-12-4-5-17-14-13(12)10(7-19-14)11-3-6-18-15(16)21-11/h3-7,9,22H,2,8H2,1H3,(H2,16,18,21)(H2,17,19,20). The number of hydrogen-bond donors (Lipinski definition) is 4. The van der Waals surface area contributed by atoms with Gasteiger partial charge in [0.05, 0.1) is 17.7 Å². The molecule has 0 bridgehead atoms. The van der Waals surface area contributed by atoms with E-state index >= 15 is 0 Å². The van der Waals surface area contributed by atoms with Gasteiger partial charge in [0.25, 0.3) is 0 Å². The van der Waals surface area contributed by atoms with Crippen LogP contribution >= 0.6 is 0 Å². The monoisotopic (exact) mass is 298 g/mol. The molecule has 0 amide bonds. The zero-order valence-electron chi connectivity index (χ0n) is 12.2. The number of aliphatic hydroxyl groups is 1. The number of pyridine rings is 1. The van der Waals surface area contributed by atoms with E-state index in [4.69, 9.17) is 5.73 Å². The number of nitrogens with one attached hydrogen (secondary N) is 2. The summed E-state index contributed by atoms with van der Waals surface area (Å²) in [4.78, 5) is 15.7. The Morgan fingerprint density at radius 3 is 2.86 bits per heavy atom. The van der Waals surface area contributed by atoms with Gasteiger partial charge in [0, 0.05) is 35.9 Å². The zero-order chi connectivity index (χ0) is 15.5. The minimum atomic E-state index is -0.0104. The second-order valence-electron chi connectivity index (χ2n) is 5.02. The lowest BCUT2D eigenvalue weighted by Gasteiger charge is -2.16. The predicted octanol–water partition coefficient (Wildman–Crippen LogP) is 1.78. The lowest BCUT2D eigenvalue weighted by atomic mass is 10.1. The lowest BCUT2D eigenvalue weighted by Crippen LogP contribution is -2.22. The van der Waals surface area contributed by atoms with E-state index in [0.717, 1.165) is 34.4 Å². The van der Waals surface area contributed by atoms with Gasteiger partial charge >= 0.3 is 0 Å². The third-order valence-corrected chi connectivity index (χ3v) is 3.60. The maximum absolute atomic E-state index is 9.41. The second kappa shape index (κ2) is 5.98. The fraction of sp³-hybridized carbons (Fsp3) is 0.267. The van der Waals surface area contributed by atoms with Crippen LogP contribution in [0.4, 0.5) is 11.6 Å². The van der Waals surface area contributed by atoms with E-state index < -0.39 is 0 Å². The smallest absolute Gasteiger partial charge is 0.220 e. The molecule has 22 heavy (non-hydrogen) atoms. The first-order chi connectivity index (χ1) is 10.7. The SMILES string of the molecule is CCC(CO)Nc1ccnc2[nH]cc(-c3ccnc(N)n3)c12. The van der Waals surface area contributed by atoms with Crippen molar-refractivity contribution >= 4 is 22.7 Å². The molecule has 0 spiro atoms. The van der Waals surface area contributed by atoms with Crippen LogP contribution in [0.25, 0.3) is 22.3 Å². The molecular formula is C15H18N6O. The molecule has 0 aromatic carbocycles. The van der Waals surface area contributed by atoms with Crippen LogP contribution in [-0.4, -0.2) is 37.7 Å². The molecule has 3 aromatic heterocycles. The van der Waals surface area contributed by atoms with Crippen molar-refractivity contribution in [2.45, 2.75) is 19.4 Å². The minimum absolute atomic E-state index is 0.0104. The number of aromatic amines is 1. The number of aromatic nitrogens is 4. The highest BCUT2D eigenvalue weighted by Crippen LogP contribution is 2.32. The van der Waals surface area contributed by atoms with Gasteiger partial charge in [-0.3, -0.25) is 0 Å². The number of nitrogen functional groups attached to an aromatic ring is 1. The van der Waals surface area contributed by atoms with Gasteiger partial charge in [0.15, 0.2) is 0 Å². The van der Waals surface area contributed by atoms with Gasteiger partial charge in [-0.15, -0.1) is 0 Å². The molecule has 7 heteroatoms. The Kier molecular flexibility index (Phi) is 3.88. The quantitative estimate of drug-likeness (QED) is 0.571. The van der Waals surface area contributed by atoms with Crippen molar-refractivity contribution in [3.8, 4) is 11.3 Å². The van der Waals surface area contributed by atoms with Gasteiger partial charge in [-0.25, -0.2) is 15.0 Å². The van der Waals surface area contributed by atoms with Gasteiger partial charge in [0.1, 0.15) is 5.65 Å². The topological polar surface area (TPSA) is 113 Å². The molecule has 114 valence electrons. The van der Waals surface area contributed by atoms with E-state index in [0.29, 0.717) is 0 Å². The molecular weight excluding hydrogens is 280 g/mol. The van der Waals surface area contributed by atoms with Crippen molar-refractivity contribution in [3.05, 3.63) is 30.7 Å². The summed E-state index contributed by atoms with van der Waals surface area (Å²) >= 11 is 0. The maximum atomic E-state index is 9.41. The first kappa shape index (κ1) is 14.3. The Morgan fingerprint density at radius 1 is 1.32 bits per heavy atom. The van der Waals surface area contributed by atoms with Crippen LogP contribution in [0.15, 0.2) is 30.7 Å². The molecule has 0 aliphatic rings. The number of anilines is 2. The van der Waals surface area contributed by atoms with Crippen molar-refractivity contribution in [2.75, 3.05) is 17.7 Å². The molecule has 0 fully saturated rings. The van der Waals surface area contributed by atoms with Gasteiger partial charge in [-0.05, 0) is 18.6 Å². The molecule has 0 aliphatic heterocycles. The highest BCUT2D eigenvalue weighted by molar-refractivity contribution is 6.01. The fourth-order valence-corrected chi connectivity index (χ4v) is 2.40. The number of hydrogen-bond acceptors (Lipinski definition) is 6. The van der Waals surface area contributed by atoms with Crippen LogP contribution in [0, 0.1) is 0 Å². The van der Waals surface area contributed by atoms with Crippen LogP contribution in [0.1, 0.15) is 13.3 Å². The molecule has 7 nitrogen and oxygen atoms in total. The van der Waals surface area contributed by atoms with E-state index in [9.17, 15) is 5.11 Å². The number of H-pyrrole nitrogens is 1. The van der Waals surface area contributed by atoms with Crippen LogP contribution in [0.2, 0.25) is 0 Å². The first-order valence-corrected chi connectivity index (χ1v) is 7.15. The minimum Gasteiger partial charge on any atom is -0.394 e. The molecule has 0 aliphatic carbocycles. The summed E-state index contributed by atoms with van der Waals surface area (Å²) < 4.78 is 0. The number of rotatable bonds is 5. The van der Waals surface area contributed by atoms with Crippen LogP contribution < -0.4 is 11.1 Å². The average molecular weight is 298 g/mol. The Morgan fingerprint density at radius 2 is 2.14 bits per heavy atom. The fourth-order valence-electron chi connectivity index (χ4n) is 2.40. The average Bonchev–Trinajstić information content (AvgIpc) is 2.97. The molecule has 0 saturated carbocycles. The Bertz CT molecular complexity index is 781. The molecule has 3 aromatic rings. The van der Waals surface area contributed by atoms with Crippen molar-refractivity contribution < 1.29 is 5.11 Å². The summed E-state index contributed by atoms with van der Waals surface area (Å²) in [5, 5.41) is 13.7. The summed E-state index contributed by atoms with van der Waals surface area (Å²) in [6.07, 6.45) is 6.02. The van der Waals surface area contributed by atoms with Crippen LogP contribution in [0.5, 0.6) is 0 Å². The van der Waals surface area contributed by atoms with Gasteiger partial charge in [-0.2, -0.15) is 0 Å². The van der Waals surface area contributed by atoms with E-state index in [1.807, 2.05) is 19.2 Å². The maximum Gasteiger partial charge on any atom is 0.220 e. The summed E-state index contributed by atoms with van der Waals surface area (Å²) in [6.45, 7) is 2.09. The molecule has 1 unspecified atom stereocenters. The molecule has 0 radical (unpaired) electrons. The van der Waals surface area contributed by atoms with E-state index in [1.165, 1.54) is 0 Å². The summed E-state index contributed by atoms with van der Waals surface area (Å²) in [5.74, 6) is 0.229. The summed E-state index contributed by atoms with van der Waals surface area (Å²) in [6, 6.07) is 3.69. The first-order valence-electron chi connectivity index (χ1n) is 7.15. The molecule has 5 N–H and O–H groups in total. The largest absolute Gasteiger partial charge is 0.394 e. The van der Waals surface area contributed by atoms with Crippen molar-refractivity contribution in [3.63, 3.8) is 0 Å². The Hall–Kier alpha value is -2.67. The summed E-state index contributed by atoms with van der Waals surface area (Å²) in [7, 11) is 0. The third kappa shape index (κ3) is 2.58.